The number of hydrogen-bond acceptors (Lipinski definition) is 3. The molecular weight excluding hydrogens is 214 g/mol. The highest BCUT2D eigenvalue weighted by atomic mass is 32.2. The van der Waals surface area contributed by atoms with Crippen LogP contribution in [0, 0.1) is 0 Å². The fourth-order valence-electron chi connectivity index (χ4n) is 1.87. The number of nitrogens with one attached hydrogen (secondary N) is 2. The van der Waals surface area contributed by atoms with Gasteiger partial charge in [-0.15, -0.1) is 0 Å². The van der Waals surface area contributed by atoms with E-state index in [2.05, 4.69) is 10.0 Å². The van der Waals surface area contributed by atoms with Gasteiger partial charge in [-0.25, -0.2) is 0 Å². The molecule has 0 aromatic rings. The maximum absolute atomic E-state index is 11.8. The maximum atomic E-state index is 11.8. The second-order valence-electron chi connectivity index (χ2n) is 4.36. The first-order valence-corrected chi connectivity index (χ1v) is 7.00. The first-order valence-electron chi connectivity index (χ1n) is 5.56. The lowest BCUT2D eigenvalue weighted by Gasteiger charge is -2.30. The SMILES string of the molecule is CNC1CCN(S(=O)(=O)NC2CC2)CC1. The molecule has 88 valence electrons. The van der Waals surface area contributed by atoms with E-state index in [0.717, 1.165) is 25.7 Å². The number of nitrogens with zero attached hydrogens (tertiary/aromatic N) is 1. The Morgan fingerprint density at radius 1 is 1.07 bits per heavy atom. The summed E-state index contributed by atoms with van der Waals surface area (Å²) in [5.41, 5.74) is 0. The van der Waals surface area contributed by atoms with E-state index in [1.807, 2.05) is 7.05 Å². The minimum Gasteiger partial charge on any atom is -0.317 e. The van der Waals surface area contributed by atoms with E-state index in [9.17, 15) is 8.42 Å². The molecule has 0 bridgehead atoms. The molecule has 2 rings (SSSR count). The van der Waals surface area contributed by atoms with Gasteiger partial charge in [0, 0.05) is 25.2 Å². The third kappa shape index (κ3) is 2.90. The van der Waals surface area contributed by atoms with E-state index in [1.54, 1.807) is 4.31 Å². The summed E-state index contributed by atoms with van der Waals surface area (Å²) < 4.78 is 27.9. The first kappa shape index (κ1) is 11.3. The molecule has 2 N–H and O–H groups in total. The Morgan fingerprint density at radius 3 is 2.13 bits per heavy atom. The van der Waals surface area contributed by atoms with Crippen LogP contribution in [0.4, 0.5) is 0 Å². The van der Waals surface area contributed by atoms with E-state index in [1.165, 1.54) is 0 Å². The van der Waals surface area contributed by atoms with Gasteiger partial charge in [0.15, 0.2) is 0 Å². The molecule has 5 nitrogen and oxygen atoms in total. The van der Waals surface area contributed by atoms with Gasteiger partial charge in [0.05, 0.1) is 0 Å². The van der Waals surface area contributed by atoms with Crippen molar-refractivity contribution >= 4 is 10.2 Å². The zero-order valence-electron chi connectivity index (χ0n) is 9.07. The molecule has 15 heavy (non-hydrogen) atoms. The Balaban J connectivity index is 1.88. The van der Waals surface area contributed by atoms with Gasteiger partial charge in [-0.3, -0.25) is 0 Å². The van der Waals surface area contributed by atoms with Crippen molar-refractivity contribution in [3.8, 4) is 0 Å². The van der Waals surface area contributed by atoms with Crippen molar-refractivity contribution in [2.24, 2.45) is 0 Å². The summed E-state index contributed by atoms with van der Waals surface area (Å²) in [6.45, 7) is 1.27. The van der Waals surface area contributed by atoms with Crippen LogP contribution in [-0.4, -0.2) is 44.9 Å². The van der Waals surface area contributed by atoms with Crippen LogP contribution in [-0.2, 0) is 10.2 Å². The Morgan fingerprint density at radius 2 is 1.67 bits per heavy atom. The quantitative estimate of drug-likeness (QED) is 0.699. The lowest BCUT2D eigenvalue weighted by Crippen LogP contribution is -2.48. The van der Waals surface area contributed by atoms with Crippen LogP contribution >= 0.6 is 0 Å². The second kappa shape index (κ2) is 4.37. The highest BCUT2D eigenvalue weighted by Gasteiger charge is 2.32. The predicted octanol–water partition coefficient (Wildman–Crippen LogP) is -0.333. The molecule has 0 spiro atoms. The van der Waals surface area contributed by atoms with Crippen molar-refractivity contribution in [1.29, 1.82) is 0 Å². The molecule has 0 atom stereocenters. The zero-order valence-corrected chi connectivity index (χ0v) is 9.89. The van der Waals surface area contributed by atoms with Crippen molar-refractivity contribution in [1.82, 2.24) is 14.3 Å². The van der Waals surface area contributed by atoms with E-state index in [4.69, 9.17) is 0 Å². The highest BCUT2D eigenvalue weighted by molar-refractivity contribution is 7.87. The van der Waals surface area contributed by atoms with Gasteiger partial charge in [0.1, 0.15) is 0 Å². The first-order chi connectivity index (χ1) is 7.12. The molecule has 1 aliphatic carbocycles. The predicted molar refractivity (Wildman–Crippen MR) is 58.7 cm³/mol. The average Bonchev–Trinajstić information content (AvgIpc) is 3.01. The lowest BCUT2D eigenvalue weighted by atomic mass is 10.1. The maximum Gasteiger partial charge on any atom is 0.279 e. The molecular formula is C9H19N3O2S. The van der Waals surface area contributed by atoms with Gasteiger partial charge in [-0.2, -0.15) is 17.4 Å². The van der Waals surface area contributed by atoms with Crippen LogP contribution in [0.25, 0.3) is 0 Å². The fraction of sp³-hybridized carbons (Fsp3) is 1.00. The van der Waals surface area contributed by atoms with Gasteiger partial charge in [0.2, 0.25) is 0 Å². The Bertz CT molecular complexity index is 305. The summed E-state index contributed by atoms with van der Waals surface area (Å²) in [6.07, 6.45) is 3.79. The molecule has 0 radical (unpaired) electrons. The van der Waals surface area contributed by atoms with Crippen LogP contribution in [0.3, 0.4) is 0 Å². The molecule has 1 aliphatic heterocycles. The Hall–Kier alpha value is -0.170. The molecule has 6 heteroatoms. The summed E-state index contributed by atoms with van der Waals surface area (Å²) in [4.78, 5) is 0. The van der Waals surface area contributed by atoms with E-state index < -0.39 is 10.2 Å². The van der Waals surface area contributed by atoms with Crippen molar-refractivity contribution < 1.29 is 8.42 Å². The molecule has 1 saturated heterocycles. The van der Waals surface area contributed by atoms with Gasteiger partial charge < -0.3 is 5.32 Å². The van der Waals surface area contributed by atoms with E-state index >= 15 is 0 Å². The minimum atomic E-state index is -3.20. The monoisotopic (exact) mass is 233 g/mol. The van der Waals surface area contributed by atoms with Crippen molar-refractivity contribution in [3.63, 3.8) is 0 Å². The molecule has 1 heterocycles. The summed E-state index contributed by atoms with van der Waals surface area (Å²) in [7, 11) is -1.27. The molecule has 2 fully saturated rings. The smallest absolute Gasteiger partial charge is 0.279 e. The van der Waals surface area contributed by atoms with Gasteiger partial charge in [-0.05, 0) is 32.7 Å². The van der Waals surface area contributed by atoms with Crippen molar-refractivity contribution in [3.05, 3.63) is 0 Å². The number of piperidine rings is 1. The van der Waals surface area contributed by atoms with Crippen LogP contribution in [0.5, 0.6) is 0 Å². The van der Waals surface area contributed by atoms with Crippen LogP contribution < -0.4 is 10.0 Å². The Kier molecular flexibility index (Phi) is 3.30. The van der Waals surface area contributed by atoms with Crippen LogP contribution in [0.1, 0.15) is 25.7 Å². The van der Waals surface area contributed by atoms with Gasteiger partial charge in [-0.1, -0.05) is 0 Å². The van der Waals surface area contributed by atoms with E-state index in [0.29, 0.717) is 19.1 Å². The average molecular weight is 233 g/mol. The topological polar surface area (TPSA) is 61.4 Å². The largest absolute Gasteiger partial charge is 0.317 e. The van der Waals surface area contributed by atoms with Crippen molar-refractivity contribution in [2.45, 2.75) is 37.8 Å². The fourth-order valence-corrected chi connectivity index (χ4v) is 3.37. The second-order valence-corrected chi connectivity index (χ2v) is 6.06. The molecule has 0 unspecified atom stereocenters. The highest BCUT2D eigenvalue weighted by Crippen LogP contribution is 2.21. The minimum absolute atomic E-state index is 0.206. The standard InChI is InChI=1S/C9H19N3O2S/c1-10-8-4-6-12(7-5-8)15(13,14)11-9-2-3-9/h8-11H,2-7H2,1H3. The summed E-state index contributed by atoms with van der Waals surface area (Å²) >= 11 is 0. The molecule has 0 aromatic carbocycles. The molecule has 1 saturated carbocycles. The van der Waals surface area contributed by atoms with Gasteiger partial charge in [0.25, 0.3) is 10.2 Å². The zero-order chi connectivity index (χ0) is 10.9. The van der Waals surface area contributed by atoms with E-state index in [-0.39, 0.29) is 6.04 Å². The van der Waals surface area contributed by atoms with Gasteiger partial charge >= 0.3 is 0 Å². The number of hydrogen-bond donors (Lipinski definition) is 2. The van der Waals surface area contributed by atoms with Crippen molar-refractivity contribution in [2.75, 3.05) is 20.1 Å². The Labute approximate surface area is 91.4 Å². The van der Waals surface area contributed by atoms with Crippen LogP contribution in [0.15, 0.2) is 0 Å². The normalized spacial score (nSPS) is 25.7. The number of rotatable bonds is 4. The molecule has 2 aliphatic rings. The third-order valence-electron chi connectivity index (χ3n) is 3.10. The molecule has 0 aromatic heterocycles. The summed E-state index contributed by atoms with van der Waals surface area (Å²) in [6, 6.07) is 0.675. The third-order valence-corrected chi connectivity index (χ3v) is 4.77. The summed E-state index contributed by atoms with van der Waals surface area (Å²) in [5, 5.41) is 3.19. The molecule has 0 amide bonds. The summed E-state index contributed by atoms with van der Waals surface area (Å²) in [5.74, 6) is 0. The lowest BCUT2D eigenvalue weighted by molar-refractivity contribution is 0.295. The van der Waals surface area contributed by atoms with Crippen LogP contribution in [0.2, 0.25) is 0 Å².